The van der Waals surface area contributed by atoms with Crippen LogP contribution in [0.1, 0.15) is 33.6 Å². The summed E-state index contributed by atoms with van der Waals surface area (Å²) in [6, 6.07) is 5.41. The normalized spacial score (nSPS) is 12.9. The molecule has 0 radical (unpaired) electrons. The molecule has 0 heterocycles. The van der Waals surface area contributed by atoms with E-state index in [1.54, 1.807) is 0 Å². The molecule has 0 fully saturated rings. The molecule has 0 aliphatic rings. The van der Waals surface area contributed by atoms with Crippen LogP contribution in [-0.2, 0) is 10.0 Å². The van der Waals surface area contributed by atoms with Gasteiger partial charge in [0.15, 0.2) is 4.90 Å². The molecular formula is C16H24N2O4S. The van der Waals surface area contributed by atoms with Crippen molar-refractivity contribution in [3.8, 4) is 0 Å². The van der Waals surface area contributed by atoms with Crippen molar-refractivity contribution in [1.82, 2.24) is 4.31 Å². The van der Waals surface area contributed by atoms with Gasteiger partial charge in [0.25, 0.3) is 5.69 Å². The first-order valence-electron chi connectivity index (χ1n) is 7.43. The van der Waals surface area contributed by atoms with Crippen molar-refractivity contribution in [3.05, 3.63) is 46.5 Å². The van der Waals surface area contributed by atoms with E-state index in [9.17, 15) is 18.5 Å². The van der Waals surface area contributed by atoms with Crippen LogP contribution in [0.4, 0.5) is 5.69 Å². The van der Waals surface area contributed by atoms with Gasteiger partial charge < -0.3 is 0 Å². The fourth-order valence-corrected chi connectivity index (χ4v) is 3.35. The highest BCUT2D eigenvalue weighted by atomic mass is 32.2. The fourth-order valence-electron chi connectivity index (χ4n) is 1.98. The first-order chi connectivity index (χ1) is 10.6. The molecule has 0 unspecified atom stereocenters. The van der Waals surface area contributed by atoms with Gasteiger partial charge in [-0.3, -0.25) is 10.1 Å². The topological polar surface area (TPSA) is 80.5 Å². The third kappa shape index (κ3) is 5.76. The Morgan fingerprint density at radius 3 is 2.43 bits per heavy atom. The van der Waals surface area contributed by atoms with Crippen LogP contribution in [0, 0.1) is 15.5 Å². The van der Waals surface area contributed by atoms with Crippen LogP contribution >= 0.6 is 0 Å². The molecule has 0 amide bonds. The summed E-state index contributed by atoms with van der Waals surface area (Å²) in [7, 11) is -2.42. The van der Waals surface area contributed by atoms with Gasteiger partial charge >= 0.3 is 0 Å². The zero-order chi connectivity index (χ0) is 17.7. The minimum atomic E-state index is -3.86. The summed E-state index contributed by atoms with van der Waals surface area (Å²) in [6.45, 7) is 6.58. The molecule has 1 rings (SSSR count). The number of hydrogen-bond donors (Lipinski definition) is 0. The van der Waals surface area contributed by atoms with Crippen molar-refractivity contribution < 1.29 is 13.3 Å². The highest BCUT2D eigenvalue weighted by Crippen LogP contribution is 2.25. The molecule has 0 aliphatic heterocycles. The van der Waals surface area contributed by atoms with E-state index in [-0.39, 0.29) is 10.3 Å². The number of allylic oxidation sites excluding steroid dienone is 2. The second-order valence-electron chi connectivity index (χ2n) is 6.46. The number of nitro groups is 1. The smallest absolute Gasteiger partial charge is 0.258 e. The first-order valence-corrected chi connectivity index (χ1v) is 8.87. The first kappa shape index (κ1) is 19.3. The molecule has 23 heavy (non-hydrogen) atoms. The zero-order valence-corrected chi connectivity index (χ0v) is 14.8. The summed E-state index contributed by atoms with van der Waals surface area (Å²) in [6.07, 6.45) is 5.53. The Balaban J connectivity index is 2.78. The monoisotopic (exact) mass is 340 g/mol. The lowest BCUT2D eigenvalue weighted by Gasteiger charge is -2.17. The van der Waals surface area contributed by atoms with E-state index < -0.39 is 20.6 Å². The minimum absolute atomic E-state index is 0.0998. The Morgan fingerprint density at radius 1 is 1.26 bits per heavy atom. The molecule has 0 atom stereocenters. The van der Waals surface area contributed by atoms with Crippen molar-refractivity contribution in [2.75, 3.05) is 13.6 Å². The quantitative estimate of drug-likeness (QED) is 0.329. The molecule has 0 saturated carbocycles. The summed E-state index contributed by atoms with van der Waals surface area (Å²) >= 11 is 0. The number of unbranched alkanes of at least 4 members (excludes halogenated alkanes) is 1. The Morgan fingerprint density at radius 2 is 1.87 bits per heavy atom. The van der Waals surface area contributed by atoms with Crippen LogP contribution in [0.25, 0.3) is 0 Å². The van der Waals surface area contributed by atoms with Gasteiger partial charge in [-0.1, -0.05) is 45.1 Å². The molecule has 0 saturated heterocycles. The molecular weight excluding hydrogens is 316 g/mol. The lowest BCUT2D eigenvalue weighted by molar-refractivity contribution is -0.387. The summed E-state index contributed by atoms with van der Waals surface area (Å²) < 4.78 is 26.1. The van der Waals surface area contributed by atoms with Crippen LogP contribution < -0.4 is 0 Å². The Kier molecular flexibility index (Phi) is 6.47. The predicted molar refractivity (Wildman–Crippen MR) is 90.7 cm³/mol. The van der Waals surface area contributed by atoms with Gasteiger partial charge in [-0.2, -0.15) is 0 Å². The minimum Gasteiger partial charge on any atom is -0.258 e. The van der Waals surface area contributed by atoms with Crippen molar-refractivity contribution in [2.24, 2.45) is 5.41 Å². The molecule has 7 heteroatoms. The average molecular weight is 340 g/mol. The van der Waals surface area contributed by atoms with Crippen molar-refractivity contribution >= 4 is 15.7 Å². The Labute approximate surface area is 138 Å². The van der Waals surface area contributed by atoms with E-state index in [4.69, 9.17) is 0 Å². The second kappa shape index (κ2) is 7.70. The summed E-state index contributed by atoms with van der Waals surface area (Å²) in [5.74, 6) is 0. The van der Waals surface area contributed by atoms with Gasteiger partial charge in [0, 0.05) is 19.7 Å². The van der Waals surface area contributed by atoms with Crippen LogP contribution in [0.3, 0.4) is 0 Å². The number of benzene rings is 1. The van der Waals surface area contributed by atoms with Crippen molar-refractivity contribution in [1.29, 1.82) is 0 Å². The maximum absolute atomic E-state index is 12.5. The standard InChI is InChI=1S/C16H24N2O4S/c1-16(2,3)12-8-5-9-13-17(4)23(21,22)15-11-7-6-10-14(15)18(19)20/h6-8,10-12H,5,9,13H2,1-4H3/b12-8-. The molecule has 0 bridgehead atoms. The molecule has 0 spiro atoms. The van der Waals surface area contributed by atoms with E-state index in [2.05, 4.69) is 26.8 Å². The SMILES string of the molecule is CN(CCC/C=C\C(C)(C)C)S(=O)(=O)c1ccccc1[N+](=O)[O-]. The predicted octanol–water partition coefficient (Wildman–Crippen LogP) is 3.60. The highest BCUT2D eigenvalue weighted by Gasteiger charge is 2.28. The molecule has 1 aromatic carbocycles. The van der Waals surface area contributed by atoms with Gasteiger partial charge in [-0.25, -0.2) is 12.7 Å². The molecule has 0 aliphatic carbocycles. The maximum atomic E-state index is 12.5. The maximum Gasteiger partial charge on any atom is 0.289 e. The van der Waals surface area contributed by atoms with Gasteiger partial charge in [0.1, 0.15) is 0 Å². The summed E-state index contributed by atoms with van der Waals surface area (Å²) in [5.41, 5.74) is -0.296. The van der Waals surface area contributed by atoms with Crippen molar-refractivity contribution in [2.45, 2.75) is 38.5 Å². The lowest BCUT2D eigenvalue weighted by Crippen LogP contribution is -2.28. The number of nitro benzene ring substituents is 1. The molecule has 128 valence electrons. The molecule has 1 aromatic rings. The number of nitrogens with zero attached hydrogens (tertiary/aromatic N) is 2. The third-order valence-corrected chi connectivity index (χ3v) is 5.12. The largest absolute Gasteiger partial charge is 0.289 e. The Hall–Kier alpha value is -1.73. The molecule has 0 N–H and O–H groups in total. The van der Waals surface area contributed by atoms with E-state index >= 15 is 0 Å². The Bertz CT molecular complexity index is 676. The molecule has 6 nitrogen and oxygen atoms in total. The van der Waals surface area contributed by atoms with Gasteiger partial charge in [-0.05, 0) is 24.3 Å². The molecule has 0 aromatic heterocycles. The van der Waals surface area contributed by atoms with Crippen LogP contribution in [-0.4, -0.2) is 31.2 Å². The van der Waals surface area contributed by atoms with E-state index in [0.717, 1.165) is 6.42 Å². The van der Waals surface area contributed by atoms with Gasteiger partial charge in [0.2, 0.25) is 10.0 Å². The summed E-state index contributed by atoms with van der Waals surface area (Å²) in [5, 5.41) is 11.0. The summed E-state index contributed by atoms with van der Waals surface area (Å²) in [4.78, 5) is 10.1. The van der Waals surface area contributed by atoms with Crippen LogP contribution in [0.2, 0.25) is 0 Å². The van der Waals surface area contributed by atoms with E-state index in [0.29, 0.717) is 13.0 Å². The second-order valence-corrected chi connectivity index (χ2v) is 8.48. The zero-order valence-electron chi connectivity index (χ0n) is 14.0. The van der Waals surface area contributed by atoms with Crippen LogP contribution in [0.5, 0.6) is 0 Å². The number of sulfonamides is 1. The van der Waals surface area contributed by atoms with Crippen molar-refractivity contribution in [3.63, 3.8) is 0 Å². The number of hydrogen-bond acceptors (Lipinski definition) is 4. The lowest BCUT2D eigenvalue weighted by atomic mass is 9.96. The van der Waals surface area contributed by atoms with Gasteiger partial charge in [0.05, 0.1) is 4.92 Å². The number of rotatable bonds is 7. The van der Waals surface area contributed by atoms with E-state index in [1.807, 2.05) is 6.08 Å². The fraction of sp³-hybridized carbons (Fsp3) is 0.500. The van der Waals surface area contributed by atoms with Gasteiger partial charge in [-0.15, -0.1) is 0 Å². The van der Waals surface area contributed by atoms with E-state index in [1.165, 1.54) is 35.6 Å². The average Bonchev–Trinajstić information content (AvgIpc) is 2.45. The highest BCUT2D eigenvalue weighted by molar-refractivity contribution is 7.89. The third-order valence-electron chi connectivity index (χ3n) is 3.21. The number of para-hydroxylation sites is 1. The van der Waals surface area contributed by atoms with Crippen LogP contribution in [0.15, 0.2) is 41.3 Å².